The van der Waals surface area contributed by atoms with Gasteiger partial charge in [0.25, 0.3) is 0 Å². The van der Waals surface area contributed by atoms with Gasteiger partial charge >= 0.3 is 0 Å². The van der Waals surface area contributed by atoms with E-state index in [4.69, 9.17) is 5.11 Å². The van der Waals surface area contributed by atoms with Gasteiger partial charge in [-0.1, -0.05) is 6.92 Å². The summed E-state index contributed by atoms with van der Waals surface area (Å²) in [5, 5.41) is 11.1. The van der Waals surface area contributed by atoms with Gasteiger partial charge in [0.1, 0.15) is 0 Å². The van der Waals surface area contributed by atoms with Crippen LogP contribution in [0.3, 0.4) is 0 Å². The highest BCUT2D eigenvalue weighted by Gasteiger charge is 1.72. The van der Waals surface area contributed by atoms with Crippen molar-refractivity contribution in [2.24, 2.45) is 0 Å². The molecule has 6 heavy (non-hydrogen) atoms. The normalized spacial score (nSPS) is 9.00. The van der Waals surface area contributed by atoms with Gasteiger partial charge in [-0.2, -0.15) is 0 Å². The van der Waals surface area contributed by atoms with Gasteiger partial charge in [0, 0.05) is 7.97 Å². The van der Waals surface area contributed by atoms with Crippen molar-refractivity contribution in [2.45, 2.75) is 6.92 Å². The average molecular weight is 91.2 g/mol. The molecule has 0 bridgehead atoms. The zero-order chi connectivity index (χ0) is 4.83. The number of aliphatic hydroxyl groups excluding tert-OH is 1. The van der Waals surface area contributed by atoms with Gasteiger partial charge < -0.3 is 10.4 Å². The Morgan fingerprint density at radius 1 is 1.83 bits per heavy atom. The van der Waals surface area contributed by atoms with Gasteiger partial charge in [-0.05, 0) is 6.54 Å². The standard InChI is InChI=1S/C4H11NO.H2/c1-2-5-3-4-6;/h5-6H,2-4H2,1H3;1H. The van der Waals surface area contributed by atoms with Crippen molar-refractivity contribution >= 4 is 0 Å². The first-order chi connectivity index (χ1) is 2.91. The molecule has 0 saturated heterocycles. The molecular formula is C4H13NO. The molecule has 0 aliphatic rings. The fraction of sp³-hybridized carbons (Fsp3) is 1.00. The van der Waals surface area contributed by atoms with Crippen molar-refractivity contribution in [3.63, 3.8) is 0 Å². The monoisotopic (exact) mass is 91.1 g/mol. The summed E-state index contributed by atoms with van der Waals surface area (Å²) in [6, 6.07) is 0. The third kappa shape index (κ3) is 3.92. The van der Waals surface area contributed by atoms with E-state index in [0.717, 1.165) is 13.1 Å². The Morgan fingerprint density at radius 2 is 2.50 bits per heavy atom. The van der Waals surface area contributed by atoms with E-state index in [0.29, 0.717) is 0 Å². The molecule has 0 rings (SSSR count). The van der Waals surface area contributed by atoms with Crippen LogP contribution in [-0.4, -0.2) is 24.8 Å². The van der Waals surface area contributed by atoms with Crippen molar-refractivity contribution in [3.8, 4) is 0 Å². The highest BCUT2D eigenvalue weighted by molar-refractivity contribution is 4.35. The van der Waals surface area contributed by atoms with Gasteiger partial charge in [-0.3, -0.25) is 0 Å². The molecule has 0 radical (unpaired) electrons. The second-order valence-electron chi connectivity index (χ2n) is 1.08. The Balaban J connectivity index is 0. The Bertz CT molecular complexity index is 23.7. The number of hydrogen-bond acceptors (Lipinski definition) is 2. The zero-order valence-electron chi connectivity index (χ0n) is 4.07. The van der Waals surface area contributed by atoms with Crippen LogP contribution in [0.1, 0.15) is 8.35 Å². The number of likely N-dealkylation sites (N-methyl/N-ethyl adjacent to an activating group) is 1. The second-order valence-corrected chi connectivity index (χ2v) is 1.08. The zero-order valence-corrected chi connectivity index (χ0v) is 4.07. The first-order valence-corrected chi connectivity index (χ1v) is 2.23. The van der Waals surface area contributed by atoms with E-state index in [1.165, 1.54) is 0 Å². The highest BCUT2D eigenvalue weighted by atomic mass is 16.3. The molecule has 0 atom stereocenters. The summed E-state index contributed by atoms with van der Waals surface area (Å²) in [5.41, 5.74) is 0. The molecule has 0 spiro atoms. The topological polar surface area (TPSA) is 32.3 Å². The van der Waals surface area contributed by atoms with Crippen molar-refractivity contribution in [1.29, 1.82) is 0 Å². The van der Waals surface area contributed by atoms with E-state index >= 15 is 0 Å². The summed E-state index contributed by atoms with van der Waals surface area (Å²) in [4.78, 5) is 0. The van der Waals surface area contributed by atoms with E-state index in [1.807, 2.05) is 6.92 Å². The van der Waals surface area contributed by atoms with E-state index in [2.05, 4.69) is 5.32 Å². The molecule has 0 saturated carbocycles. The number of aliphatic hydroxyl groups is 1. The van der Waals surface area contributed by atoms with Gasteiger partial charge in [-0.25, -0.2) is 0 Å². The van der Waals surface area contributed by atoms with Crippen molar-refractivity contribution in [2.75, 3.05) is 19.7 Å². The molecule has 0 amide bonds. The Morgan fingerprint density at radius 3 is 2.67 bits per heavy atom. The first kappa shape index (κ1) is 5.92. The molecule has 2 heteroatoms. The van der Waals surface area contributed by atoms with Crippen LogP contribution in [0.5, 0.6) is 0 Å². The van der Waals surface area contributed by atoms with Gasteiger partial charge in [-0.15, -0.1) is 0 Å². The molecule has 2 N–H and O–H groups in total. The summed E-state index contributed by atoms with van der Waals surface area (Å²) in [5.74, 6) is 0. The quantitative estimate of drug-likeness (QED) is 0.473. The lowest BCUT2D eigenvalue weighted by molar-refractivity contribution is 0.293. The van der Waals surface area contributed by atoms with Crippen LogP contribution in [0.4, 0.5) is 0 Å². The lowest BCUT2D eigenvalue weighted by Gasteiger charge is -1.91. The Kier molecular flexibility index (Phi) is 4.85. The minimum absolute atomic E-state index is 0. The molecule has 0 aliphatic carbocycles. The van der Waals surface area contributed by atoms with Crippen LogP contribution < -0.4 is 5.32 Å². The van der Waals surface area contributed by atoms with Gasteiger partial charge in [0.05, 0.1) is 6.61 Å². The fourth-order valence-corrected chi connectivity index (χ4v) is 0.256. The Hall–Kier alpha value is -0.0800. The van der Waals surface area contributed by atoms with E-state index < -0.39 is 0 Å². The maximum Gasteiger partial charge on any atom is 0.0555 e. The number of hydrogen-bond donors (Lipinski definition) is 2. The molecule has 40 valence electrons. The van der Waals surface area contributed by atoms with E-state index in [9.17, 15) is 0 Å². The second kappa shape index (κ2) is 4.92. The molecule has 0 unspecified atom stereocenters. The Labute approximate surface area is 39.7 Å². The highest BCUT2D eigenvalue weighted by Crippen LogP contribution is 1.51. The lowest BCUT2D eigenvalue weighted by Crippen LogP contribution is -2.16. The third-order valence-electron chi connectivity index (χ3n) is 0.539. The molecule has 0 aromatic rings. The average Bonchev–Trinajstić information content (AvgIpc) is 1.61. The largest absolute Gasteiger partial charge is 0.395 e. The number of rotatable bonds is 3. The summed E-state index contributed by atoms with van der Waals surface area (Å²) in [6.45, 7) is 3.92. The predicted octanol–water partition coefficient (Wildman–Crippen LogP) is -0.166. The molecular weight excluding hydrogens is 78.0 g/mol. The first-order valence-electron chi connectivity index (χ1n) is 2.23. The smallest absolute Gasteiger partial charge is 0.0555 e. The lowest BCUT2D eigenvalue weighted by atomic mass is 10.6. The third-order valence-corrected chi connectivity index (χ3v) is 0.539. The van der Waals surface area contributed by atoms with Gasteiger partial charge in [0.2, 0.25) is 0 Å². The van der Waals surface area contributed by atoms with Crippen molar-refractivity contribution < 1.29 is 6.53 Å². The molecule has 0 heterocycles. The summed E-state index contributed by atoms with van der Waals surface area (Å²) >= 11 is 0. The maximum absolute atomic E-state index is 8.13. The van der Waals surface area contributed by atoms with Crippen LogP contribution in [-0.2, 0) is 0 Å². The van der Waals surface area contributed by atoms with Crippen LogP contribution in [0.15, 0.2) is 0 Å². The maximum atomic E-state index is 8.13. The van der Waals surface area contributed by atoms with E-state index in [1.54, 1.807) is 0 Å². The molecule has 0 fully saturated rings. The molecule has 2 nitrogen and oxygen atoms in total. The predicted molar refractivity (Wildman–Crippen MR) is 27.7 cm³/mol. The minimum atomic E-state index is 0. The summed E-state index contributed by atoms with van der Waals surface area (Å²) < 4.78 is 0. The number of nitrogens with one attached hydrogen (secondary N) is 1. The van der Waals surface area contributed by atoms with Crippen molar-refractivity contribution in [3.05, 3.63) is 0 Å². The SMILES string of the molecule is CCNCCO.[HH]. The molecule has 0 aromatic heterocycles. The molecule has 0 aliphatic heterocycles. The minimum Gasteiger partial charge on any atom is -0.395 e. The summed E-state index contributed by atoms with van der Waals surface area (Å²) in [6.07, 6.45) is 0. The van der Waals surface area contributed by atoms with Crippen LogP contribution in [0, 0.1) is 0 Å². The van der Waals surface area contributed by atoms with E-state index in [-0.39, 0.29) is 8.03 Å². The van der Waals surface area contributed by atoms with Crippen LogP contribution in [0.2, 0.25) is 0 Å². The van der Waals surface area contributed by atoms with Crippen LogP contribution >= 0.6 is 0 Å². The van der Waals surface area contributed by atoms with Gasteiger partial charge in [0.15, 0.2) is 0 Å². The summed E-state index contributed by atoms with van der Waals surface area (Å²) in [7, 11) is 0. The molecule has 0 aromatic carbocycles. The fourth-order valence-electron chi connectivity index (χ4n) is 0.256. The van der Waals surface area contributed by atoms with Crippen LogP contribution in [0.25, 0.3) is 0 Å². The van der Waals surface area contributed by atoms with Crippen molar-refractivity contribution in [1.82, 2.24) is 5.32 Å².